The van der Waals surface area contributed by atoms with E-state index < -0.39 is 0 Å². The Kier molecular flexibility index (Phi) is 15.6. The van der Waals surface area contributed by atoms with Gasteiger partial charge in [-0.15, -0.1) is 0 Å². The van der Waals surface area contributed by atoms with Crippen LogP contribution in [0.3, 0.4) is 0 Å². The van der Waals surface area contributed by atoms with Gasteiger partial charge in [0.15, 0.2) is 0 Å². The number of aromatic nitrogens is 2. The van der Waals surface area contributed by atoms with Crippen LogP contribution in [0.1, 0.15) is 129 Å². The van der Waals surface area contributed by atoms with Gasteiger partial charge in [0.1, 0.15) is 12.4 Å². The van der Waals surface area contributed by atoms with Gasteiger partial charge in [-0.25, -0.2) is 9.13 Å². The molecule has 0 bridgehead atoms. The average molecular weight is 378 g/mol. The van der Waals surface area contributed by atoms with Crippen LogP contribution < -0.4 is 4.57 Å². The van der Waals surface area contributed by atoms with Gasteiger partial charge in [0, 0.05) is 6.42 Å². The molecule has 0 atom stereocenters. The summed E-state index contributed by atoms with van der Waals surface area (Å²) in [5.41, 5.74) is 0. The number of imidazole rings is 1. The van der Waals surface area contributed by atoms with Crippen LogP contribution in [-0.4, -0.2) is 4.57 Å². The molecule has 2 nitrogen and oxygen atoms in total. The standard InChI is InChI=1S/C25H49N2/c1-4-6-8-10-11-12-13-14-15-16-18-20-22-27-24-23-26(3)25(27)21-19-17-9-7-5-2/h23-24H,4-22H2,1-3H3/q+1. The third kappa shape index (κ3) is 12.3. The monoisotopic (exact) mass is 377 g/mol. The average Bonchev–Trinajstić information content (AvgIpc) is 3.02. The minimum Gasteiger partial charge on any atom is -0.237 e. The van der Waals surface area contributed by atoms with Gasteiger partial charge in [-0.1, -0.05) is 104 Å². The second kappa shape index (κ2) is 17.3. The van der Waals surface area contributed by atoms with E-state index in [0.717, 1.165) is 0 Å². The summed E-state index contributed by atoms with van der Waals surface area (Å²) in [7, 11) is 2.21. The van der Waals surface area contributed by atoms with Crippen molar-refractivity contribution in [1.82, 2.24) is 4.57 Å². The van der Waals surface area contributed by atoms with Crippen molar-refractivity contribution in [2.75, 3.05) is 0 Å². The topological polar surface area (TPSA) is 8.81 Å². The molecule has 0 unspecified atom stereocenters. The highest BCUT2D eigenvalue weighted by Gasteiger charge is 2.13. The molecule has 0 radical (unpaired) electrons. The largest absolute Gasteiger partial charge is 0.256 e. The highest BCUT2D eigenvalue weighted by molar-refractivity contribution is 4.84. The predicted octanol–water partition coefficient (Wildman–Crippen LogP) is 7.53. The van der Waals surface area contributed by atoms with Gasteiger partial charge in [-0.2, -0.15) is 0 Å². The summed E-state index contributed by atoms with van der Waals surface area (Å²) in [6.45, 7) is 5.80. The molecule has 0 aliphatic carbocycles. The molecule has 0 aliphatic heterocycles. The van der Waals surface area contributed by atoms with E-state index in [0.29, 0.717) is 0 Å². The third-order valence-corrected chi connectivity index (χ3v) is 5.97. The molecule has 0 saturated heterocycles. The molecule has 0 spiro atoms. The minimum atomic E-state index is 1.21. The number of nitrogens with zero attached hydrogens (tertiary/aromatic N) is 2. The van der Waals surface area contributed by atoms with Crippen molar-refractivity contribution >= 4 is 0 Å². The van der Waals surface area contributed by atoms with Crippen LogP contribution in [0.4, 0.5) is 0 Å². The van der Waals surface area contributed by atoms with Crippen LogP contribution in [0.25, 0.3) is 0 Å². The summed E-state index contributed by atoms with van der Waals surface area (Å²) in [5.74, 6) is 1.52. The predicted molar refractivity (Wildman–Crippen MR) is 119 cm³/mol. The van der Waals surface area contributed by atoms with Crippen molar-refractivity contribution in [1.29, 1.82) is 0 Å². The van der Waals surface area contributed by atoms with E-state index in [9.17, 15) is 0 Å². The molecule has 27 heavy (non-hydrogen) atoms. The van der Waals surface area contributed by atoms with Gasteiger partial charge < -0.3 is 0 Å². The van der Waals surface area contributed by atoms with Crippen molar-refractivity contribution in [3.63, 3.8) is 0 Å². The molecule has 1 aromatic rings. The SMILES string of the molecule is CCCCCCCCCCCCCCn1cc[n+](C)c1CCCCCCC. The quantitative estimate of drug-likeness (QED) is 0.174. The molecule has 0 aromatic carbocycles. The highest BCUT2D eigenvalue weighted by atomic mass is 15.1. The molecular formula is C25H49N2+. The zero-order chi connectivity index (χ0) is 19.6. The summed E-state index contributed by atoms with van der Waals surface area (Å²) < 4.78 is 4.84. The van der Waals surface area contributed by atoms with Crippen LogP contribution in [-0.2, 0) is 20.0 Å². The molecule has 158 valence electrons. The molecule has 1 aromatic heterocycles. The van der Waals surface area contributed by atoms with Crippen molar-refractivity contribution in [2.24, 2.45) is 7.05 Å². The van der Waals surface area contributed by atoms with Crippen LogP contribution >= 0.6 is 0 Å². The lowest BCUT2D eigenvalue weighted by molar-refractivity contribution is -0.678. The molecular weight excluding hydrogens is 328 g/mol. The molecule has 1 heterocycles. The Morgan fingerprint density at radius 1 is 0.630 bits per heavy atom. The summed E-state index contributed by atoms with van der Waals surface area (Å²) in [4.78, 5) is 0. The first-order chi connectivity index (χ1) is 13.3. The second-order valence-electron chi connectivity index (χ2n) is 8.57. The summed E-state index contributed by atoms with van der Waals surface area (Å²) in [6.07, 6.45) is 29.8. The van der Waals surface area contributed by atoms with E-state index in [1.807, 2.05) is 0 Å². The number of hydrogen-bond acceptors (Lipinski definition) is 0. The lowest BCUT2D eigenvalue weighted by atomic mass is 10.1. The Labute approximate surface area is 170 Å². The zero-order valence-electron chi connectivity index (χ0n) is 19.0. The Hall–Kier alpha value is -0.790. The highest BCUT2D eigenvalue weighted by Crippen LogP contribution is 2.13. The maximum atomic E-state index is 2.51. The van der Waals surface area contributed by atoms with Crippen molar-refractivity contribution in [3.05, 3.63) is 18.2 Å². The fourth-order valence-electron chi connectivity index (χ4n) is 4.09. The zero-order valence-corrected chi connectivity index (χ0v) is 19.0. The van der Waals surface area contributed by atoms with E-state index >= 15 is 0 Å². The van der Waals surface area contributed by atoms with Gasteiger partial charge in [0.2, 0.25) is 0 Å². The van der Waals surface area contributed by atoms with Crippen LogP contribution in [0.15, 0.2) is 12.4 Å². The van der Waals surface area contributed by atoms with Gasteiger partial charge in [-0.3, -0.25) is 0 Å². The third-order valence-electron chi connectivity index (χ3n) is 5.97. The maximum absolute atomic E-state index is 2.51. The van der Waals surface area contributed by atoms with Crippen molar-refractivity contribution < 1.29 is 4.57 Å². The van der Waals surface area contributed by atoms with Gasteiger partial charge in [-0.05, 0) is 19.3 Å². The fourth-order valence-corrected chi connectivity index (χ4v) is 4.09. The van der Waals surface area contributed by atoms with Crippen LogP contribution in [0.5, 0.6) is 0 Å². The Bertz CT molecular complexity index is 436. The van der Waals surface area contributed by atoms with Gasteiger partial charge in [0.05, 0.1) is 13.6 Å². The van der Waals surface area contributed by atoms with Crippen LogP contribution in [0.2, 0.25) is 0 Å². The van der Waals surface area contributed by atoms with E-state index in [2.05, 4.69) is 42.4 Å². The Morgan fingerprint density at radius 3 is 1.59 bits per heavy atom. The first-order valence-corrected chi connectivity index (χ1v) is 12.3. The van der Waals surface area contributed by atoms with Crippen molar-refractivity contribution in [2.45, 2.75) is 136 Å². The summed E-state index contributed by atoms with van der Waals surface area (Å²) in [5, 5.41) is 0. The molecule has 0 saturated carbocycles. The summed E-state index contributed by atoms with van der Waals surface area (Å²) >= 11 is 0. The number of rotatable bonds is 19. The summed E-state index contributed by atoms with van der Waals surface area (Å²) in [6, 6.07) is 0. The number of unbranched alkanes of at least 4 members (excludes halogenated alkanes) is 15. The van der Waals surface area contributed by atoms with E-state index in [4.69, 9.17) is 0 Å². The lowest BCUT2D eigenvalue weighted by Gasteiger charge is -2.05. The molecule has 0 amide bonds. The minimum absolute atomic E-state index is 1.21. The van der Waals surface area contributed by atoms with E-state index in [-0.39, 0.29) is 0 Å². The maximum Gasteiger partial charge on any atom is 0.256 e. The van der Waals surface area contributed by atoms with E-state index in [1.165, 1.54) is 128 Å². The normalized spacial score (nSPS) is 11.4. The molecule has 0 fully saturated rings. The Balaban J connectivity index is 2.01. The Morgan fingerprint density at radius 2 is 1.07 bits per heavy atom. The lowest BCUT2D eigenvalue weighted by Crippen LogP contribution is -2.32. The second-order valence-corrected chi connectivity index (χ2v) is 8.57. The van der Waals surface area contributed by atoms with Gasteiger partial charge in [0.25, 0.3) is 5.82 Å². The fraction of sp³-hybridized carbons (Fsp3) is 0.880. The van der Waals surface area contributed by atoms with E-state index in [1.54, 1.807) is 0 Å². The smallest absolute Gasteiger partial charge is 0.237 e. The molecule has 0 aliphatic rings. The first kappa shape index (κ1) is 24.2. The molecule has 2 heteroatoms. The molecule has 1 rings (SSSR count). The van der Waals surface area contributed by atoms with Crippen LogP contribution in [0, 0.1) is 0 Å². The first-order valence-electron chi connectivity index (χ1n) is 12.3. The molecule has 0 N–H and O–H groups in total. The van der Waals surface area contributed by atoms with Crippen molar-refractivity contribution in [3.8, 4) is 0 Å². The van der Waals surface area contributed by atoms with Gasteiger partial charge >= 0.3 is 0 Å². The number of aryl methyl sites for hydroxylation is 2. The number of hydrogen-bond donors (Lipinski definition) is 0.